The average Bonchev–Trinajstić information content (AvgIpc) is 2.26. The molecule has 6 heteroatoms. The molecule has 0 amide bonds. The van der Waals surface area contributed by atoms with Crippen molar-refractivity contribution in [2.45, 2.75) is 25.2 Å². The lowest BCUT2D eigenvalue weighted by molar-refractivity contribution is 0.415. The Morgan fingerprint density at radius 3 is 2.29 bits per heavy atom. The quantitative estimate of drug-likeness (QED) is 0.580. The highest BCUT2D eigenvalue weighted by molar-refractivity contribution is 7.51. The summed E-state index contributed by atoms with van der Waals surface area (Å²) in [4.78, 5) is 0. The zero-order chi connectivity index (χ0) is 13.1. The lowest BCUT2D eigenvalue weighted by Gasteiger charge is -2.21. The fourth-order valence-electron chi connectivity index (χ4n) is 1.45. The van der Waals surface area contributed by atoms with Crippen LogP contribution in [0.15, 0.2) is 24.3 Å². The summed E-state index contributed by atoms with van der Waals surface area (Å²) in [6.07, 6.45) is 0. The molecule has 0 aliphatic carbocycles. The molecule has 0 N–H and O–H groups in total. The van der Waals surface area contributed by atoms with Crippen LogP contribution in [-0.2, 0) is 0 Å². The summed E-state index contributed by atoms with van der Waals surface area (Å²) in [5.74, 6) is 0.794. The number of hydrogen-bond donors (Lipinski definition) is 0. The van der Waals surface area contributed by atoms with Crippen molar-refractivity contribution in [3.63, 3.8) is 0 Å². The van der Waals surface area contributed by atoms with Crippen molar-refractivity contribution >= 4 is 52.5 Å². The van der Waals surface area contributed by atoms with E-state index in [-0.39, 0.29) is 0 Å². The molecule has 1 aromatic carbocycles. The molecule has 1 aromatic rings. The number of methoxy groups -OCH3 is 1. The molecule has 0 unspecified atom stereocenters. The molecule has 17 heavy (non-hydrogen) atoms. The van der Waals surface area contributed by atoms with Crippen molar-refractivity contribution in [2.75, 3.05) is 7.11 Å². The minimum absolute atomic E-state index is 0.794. The molecular formula is C11H17Cl3OSi2. The normalized spacial score (nSPS) is 12.6. The molecule has 96 valence electrons. The van der Waals surface area contributed by atoms with Gasteiger partial charge in [-0.25, -0.2) is 0 Å². The first kappa shape index (κ1) is 15.4. The van der Waals surface area contributed by atoms with Gasteiger partial charge in [-0.3, -0.25) is 0 Å². The summed E-state index contributed by atoms with van der Waals surface area (Å²) in [7, 11) is 0.0235. The van der Waals surface area contributed by atoms with Crippen molar-refractivity contribution < 1.29 is 4.74 Å². The highest BCUT2D eigenvalue weighted by atomic mass is 35.7. The van der Waals surface area contributed by atoms with Gasteiger partial charge in [0.15, 0.2) is 0 Å². The summed E-state index contributed by atoms with van der Waals surface area (Å²) >= 11 is 19.3. The van der Waals surface area contributed by atoms with Crippen molar-refractivity contribution in [1.82, 2.24) is 0 Å². The summed E-state index contributed by atoms with van der Waals surface area (Å²) in [5.41, 5.74) is 0. The van der Waals surface area contributed by atoms with Crippen LogP contribution in [0.1, 0.15) is 0 Å². The molecule has 0 fully saturated rings. The van der Waals surface area contributed by atoms with Gasteiger partial charge in [0.25, 0.3) is 6.69 Å². The highest BCUT2D eigenvalue weighted by Gasteiger charge is 2.33. The zero-order valence-electron chi connectivity index (χ0n) is 10.3. The molecule has 0 radical (unpaired) electrons. The number of ether oxygens (including phenoxy) is 1. The molecule has 0 atom stereocenters. The molecular weight excluding hydrogens is 311 g/mol. The Morgan fingerprint density at radius 1 is 1.12 bits per heavy atom. The van der Waals surface area contributed by atoms with Crippen LogP contribution in [0.4, 0.5) is 0 Å². The molecule has 1 rings (SSSR count). The largest absolute Gasteiger partial charge is 0.497 e. The fraction of sp³-hybridized carbons (Fsp3) is 0.455. The smallest absolute Gasteiger partial charge is 0.280 e. The third kappa shape index (κ3) is 5.22. The minimum Gasteiger partial charge on any atom is -0.497 e. The van der Waals surface area contributed by atoms with Crippen molar-refractivity contribution in [3.8, 4) is 5.75 Å². The third-order valence-corrected chi connectivity index (χ3v) is 9.51. The molecule has 0 aliphatic rings. The molecule has 0 heterocycles. The van der Waals surface area contributed by atoms with E-state index in [0.29, 0.717) is 0 Å². The Balaban J connectivity index is 2.81. The van der Waals surface area contributed by atoms with E-state index < -0.39 is 14.1 Å². The molecule has 1 nitrogen and oxygen atoms in total. The van der Waals surface area contributed by atoms with Crippen LogP contribution in [0.25, 0.3) is 0 Å². The standard InChI is InChI=1S/C11H17Cl3OSi2/c1-15-10-5-4-6-11(9-10)17(13,14)8-7-16(2,3)12/h4-6,9H,7-8H2,1-3H3. The van der Waals surface area contributed by atoms with E-state index in [4.69, 9.17) is 38.0 Å². The summed E-state index contributed by atoms with van der Waals surface area (Å²) in [5, 5.41) is 0.995. The topological polar surface area (TPSA) is 9.23 Å². The fourth-order valence-corrected chi connectivity index (χ4v) is 9.32. The van der Waals surface area contributed by atoms with Gasteiger partial charge in [-0.1, -0.05) is 25.2 Å². The van der Waals surface area contributed by atoms with E-state index in [9.17, 15) is 0 Å². The maximum atomic E-state index is 6.51. The van der Waals surface area contributed by atoms with Crippen molar-refractivity contribution in [3.05, 3.63) is 24.3 Å². The summed E-state index contributed by atoms with van der Waals surface area (Å²) < 4.78 is 5.18. The van der Waals surface area contributed by atoms with Gasteiger partial charge in [0.1, 0.15) is 13.1 Å². The highest BCUT2D eigenvalue weighted by Crippen LogP contribution is 2.28. The maximum Gasteiger partial charge on any atom is 0.280 e. The Kier molecular flexibility index (Phi) is 5.41. The van der Waals surface area contributed by atoms with E-state index in [2.05, 4.69) is 13.1 Å². The summed E-state index contributed by atoms with van der Waals surface area (Å²) in [6, 6.07) is 9.44. The second kappa shape index (κ2) is 5.98. The van der Waals surface area contributed by atoms with Gasteiger partial charge < -0.3 is 4.74 Å². The first-order valence-electron chi connectivity index (χ1n) is 5.46. The van der Waals surface area contributed by atoms with Gasteiger partial charge in [-0.05, 0) is 29.4 Å². The monoisotopic (exact) mass is 326 g/mol. The van der Waals surface area contributed by atoms with Crippen molar-refractivity contribution in [1.29, 1.82) is 0 Å². The molecule has 0 saturated heterocycles. The number of rotatable bonds is 5. The van der Waals surface area contributed by atoms with Crippen LogP contribution < -0.4 is 9.92 Å². The average molecular weight is 328 g/mol. The van der Waals surface area contributed by atoms with Crippen LogP contribution in [0.5, 0.6) is 5.75 Å². The van der Waals surface area contributed by atoms with E-state index in [1.807, 2.05) is 24.3 Å². The maximum absolute atomic E-state index is 6.51. The van der Waals surface area contributed by atoms with Crippen LogP contribution in [0.3, 0.4) is 0 Å². The predicted molar refractivity (Wildman–Crippen MR) is 83.0 cm³/mol. The second-order valence-electron chi connectivity index (χ2n) is 4.66. The first-order chi connectivity index (χ1) is 7.74. The van der Waals surface area contributed by atoms with Crippen LogP contribution >= 0.6 is 33.2 Å². The van der Waals surface area contributed by atoms with Gasteiger partial charge >= 0.3 is 0 Å². The lowest BCUT2D eigenvalue weighted by atomic mass is 10.3. The van der Waals surface area contributed by atoms with E-state index >= 15 is 0 Å². The predicted octanol–water partition coefficient (Wildman–Crippen LogP) is 4.27. The Labute approximate surface area is 119 Å². The molecule has 0 saturated carbocycles. The van der Waals surface area contributed by atoms with Gasteiger partial charge in [0.2, 0.25) is 0 Å². The zero-order valence-corrected chi connectivity index (χ0v) is 14.5. The Morgan fingerprint density at radius 2 is 1.76 bits per heavy atom. The van der Waals surface area contributed by atoms with Gasteiger partial charge in [-0.2, -0.15) is 11.1 Å². The molecule has 0 spiro atoms. The lowest BCUT2D eigenvalue weighted by Crippen LogP contribution is -2.37. The first-order valence-corrected chi connectivity index (χ1v) is 13.9. The molecule has 0 bridgehead atoms. The van der Waals surface area contributed by atoms with Crippen molar-refractivity contribution in [2.24, 2.45) is 0 Å². The Hall–Kier alpha value is 0.324. The van der Waals surface area contributed by atoms with E-state index in [1.54, 1.807) is 7.11 Å². The number of hydrogen-bond acceptors (Lipinski definition) is 1. The van der Waals surface area contributed by atoms with Crippen LogP contribution in [0.2, 0.25) is 25.2 Å². The van der Waals surface area contributed by atoms with Crippen LogP contribution in [-0.4, -0.2) is 21.2 Å². The van der Waals surface area contributed by atoms with E-state index in [0.717, 1.165) is 23.0 Å². The third-order valence-electron chi connectivity index (χ3n) is 2.53. The number of halogens is 3. The van der Waals surface area contributed by atoms with E-state index in [1.165, 1.54) is 0 Å². The van der Waals surface area contributed by atoms with Gasteiger partial charge in [0.05, 0.1) is 7.11 Å². The van der Waals surface area contributed by atoms with Crippen LogP contribution in [0, 0.1) is 0 Å². The summed E-state index contributed by atoms with van der Waals surface area (Å²) in [6.45, 7) is 1.80. The van der Waals surface area contributed by atoms with Gasteiger partial charge in [-0.15, -0.1) is 22.2 Å². The van der Waals surface area contributed by atoms with Gasteiger partial charge in [0, 0.05) is 0 Å². The number of benzene rings is 1. The SMILES string of the molecule is COc1cccc([Si](Cl)(Cl)CC[Si](C)(C)Cl)c1. The second-order valence-corrected chi connectivity index (χ2v) is 18.6. The molecule has 0 aromatic heterocycles. The minimum atomic E-state index is -2.42. The Bertz CT molecular complexity index is 377. The molecule has 0 aliphatic heterocycles.